The molecule has 0 aliphatic carbocycles. The molecule has 0 unspecified atom stereocenters. The molecule has 78 valence electrons. The minimum atomic E-state index is 0.277. The highest BCUT2D eigenvalue weighted by Crippen LogP contribution is 2.24. The second-order valence-electron chi connectivity index (χ2n) is 3.62. The quantitative estimate of drug-likeness (QED) is 0.835. The lowest BCUT2D eigenvalue weighted by atomic mass is 10.2. The first-order valence-corrected chi connectivity index (χ1v) is 5.65. The van der Waals surface area contributed by atoms with E-state index in [1.54, 1.807) is 4.80 Å². The van der Waals surface area contributed by atoms with Gasteiger partial charge in [0.25, 0.3) is 0 Å². The minimum absolute atomic E-state index is 0.277. The fourth-order valence-corrected chi connectivity index (χ4v) is 1.78. The lowest BCUT2D eigenvalue weighted by Crippen LogP contribution is -2.04. The number of rotatable bonds is 2. The van der Waals surface area contributed by atoms with Gasteiger partial charge in [-0.2, -0.15) is 9.90 Å². The molecule has 0 saturated carbocycles. The van der Waals surface area contributed by atoms with Crippen LogP contribution in [0.4, 0.5) is 0 Å². The van der Waals surface area contributed by atoms with Gasteiger partial charge in [0, 0.05) is 5.56 Å². The van der Waals surface area contributed by atoms with E-state index in [-0.39, 0.29) is 6.04 Å². The summed E-state index contributed by atoms with van der Waals surface area (Å²) in [7, 11) is 0. The Hall–Kier alpha value is -1.16. The van der Waals surface area contributed by atoms with Crippen LogP contribution in [0.3, 0.4) is 0 Å². The molecule has 1 aromatic heterocycles. The highest BCUT2D eigenvalue weighted by atomic mass is 79.9. The van der Waals surface area contributed by atoms with Crippen molar-refractivity contribution in [1.29, 1.82) is 0 Å². The van der Waals surface area contributed by atoms with Gasteiger partial charge < -0.3 is 0 Å². The van der Waals surface area contributed by atoms with Gasteiger partial charge in [-0.25, -0.2) is 0 Å². The zero-order valence-electron chi connectivity index (χ0n) is 8.68. The van der Waals surface area contributed by atoms with Gasteiger partial charge in [0.1, 0.15) is 5.69 Å². The molecule has 4 heteroatoms. The molecule has 0 saturated heterocycles. The smallest absolute Gasteiger partial charge is 0.156 e. The van der Waals surface area contributed by atoms with Gasteiger partial charge >= 0.3 is 0 Å². The number of halogens is 1. The van der Waals surface area contributed by atoms with Crippen molar-refractivity contribution in [2.75, 3.05) is 0 Å². The van der Waals surface area contributed by atoms with E-state index in [4.69, 9.17) is 0 Å². The summed E-state index contributed by atoms with van der Waals surface area (Å²) in [6.45, 7) is 4.11. The summed E-state index contributed by atoms with van der Waals surface area (Å²) in [6, 6.07) is 10.3. The normalized spacial score (nSPS) is 10.9. The Labute approximate surface area is 97.2 Å². The van der Waals surface area contributed by atoms with Crippen molar-refractivity contribution in [2.24, 2.45) is 0 Å². The van der Waals surface area contributed by atoms with Crippen molar-refractivity contribution < 1.29 is 0 Å². The second-order valence-corrected chi connectivity index (χ2v) is 4.37. The van der Waals surface area contributed by atoms with Crippen molar-refractivity contribution >= 4 is 15.9 Å². The monoisotopic (exact) mass is 265 g/mol. The summed E-state index contributed by atoms with van der Waals surface area (Å²) in [5.74, 6) is 0. The summed E-state index contributed by atoms with van der Waals surface area (Å²) in [4.78, 5) is 1.71. The van der Waals surface area contributed by atoms with Gasteiger partial charge in [0.2, 0.25) is 0 Å². The fraction of sp³-hybridized carbons (Fsp3) is 0.273. The van der Waals surface area contributed by atoms with Crippen LogP contribution in [0.15, 0.2) is 34.9 Å². The van der Waals surface area contributed by atoms with E-state index in [1.165, 1.54) is 0 Å². The van der Waals surface area contributed by atoms with Crippen LogP contribution in [-0.2, 0) is 0 Å². The summed E-state index contributed by atoms with van der Waals surface area (Å²) in [5.41, 5.74) is 1.97. The Bertz CT molecular complexity index is 448. The number of hydrogen-bond acceptors (Lipinski definition) is 2. The van der Waals surface area contributed by atoms with Crippen LogP contribution in [0.1, 0.15) is 19.9 Å². The molecule has 0 bridgehead atoms. The lowest BCUT2D eigenvalue weighted by molar-refractivity contribution is 0.465. The van der Waals surface area contributed by atoms with E-state index in [0.717, 1.165) is 15.9 Å². The van der Waals surface area contributed by atoms with Gasteiger partial charge in [-0.3, -0.25) is 0 Å². The first kappa shape index (κ1) is 10.4. The second kappa shape index (κ2) is 4.14. The molecule has 0 atom stereocenters. The maximum atomic E-state index is 4.44. The van der Waals surface area contributed by atoms with Gasteiger partial charge in [-0.05, 0) is 29.8 Å². The summed E-state index contributed by atoms with van der Waals surface area (Å²) < 4.78 is 0.794. The molecule has 1 aromatic carbocycles. The van der Waals surface area contributed by atoms with E-state index >= 15 is 0 Å². The standard InChI is InChI=1S/C11H12BrN3/c1-8(2)15-13-10(11(12)14-15)9-6-4-3-5-7-9/h3-8H,1-2H3. The van der Waals surface area contributed by atoms with E-state index in [0.29, 0.717) is 0 Å². The number of hydrogen-bond donors (Lipinski definition) is 0. The van der Waals surface area contributed by atoms with Crippen molar-refractivity contribution in [1.82, 2.24) is 15.0 Å². The molecule has 0 amide bonds. The summed E-state index contributed by atoms with van der Waals surface area (Å²) in [5, 5.41) is 8.75. The maximum absolute atomic E-state index is 4.44. The van der Waals surface area contributed by atoms with Crippen LogP contribution in [0, 0.1) is 0 Å². The predicted octanol–water partition coefficient (Wildman–Crippen LogP) is 3.29. The van der Waals surface area contributed by atoms with Gasteiger partial charge in [-0.1, -0.05) is 30.3 Å². The third-order valence-electron chi connectivity index (χ3n) is 2.10. The third kappa shape index (κ3) is 2.09. The molecular weight excluding hydrogens is 254 g/mol. The van der Waals surface area contributed by atoms with E-state index in [2.05, 4.69) is 40.0 Å². The molecule has 1 heterocycles. The van der Waals surface area contributed by atoms with Crippen LogP contribution < -0.4 is 0 Å². The van der Waals surface area contributed by atoms with E-state index in [1.807, 2.05) is 30.3 Å². The van der Waals surface area contributed by atoms with Crippen LogP contribution in [0.2, 0.25) is 0 Å². The first-order valence-electron chi connectivity index (χ1n) is 4.86. The Morgan fingerprint density at radius 2 is 1.80 bits per heavy atom. The molecule has 0 spiro atoms. The van der Waals surface area contributed by atoms with Crippen LogP contribution in [0.25, 0.3) is 11.3 Å². The zero-order valence-corrected chi connectivity index (χ0v) is 10.3. The van der Waals surface area contributed by atoms with Gasteiger partial charge in [0.15, 0.2) is 4.60 Å². The summed E-state index contributed by atoms with van der Waals surface area (Å²) in [6.07, 6.45) is 0. The molecule has 0 aliphatic heterocycles. The minimum Gasteiger partial charge on any atom is -0.181 e. The van der Waals surface area contributed by atoms with Crippen LogP contribution >= 0.6 is 15.9 Å². The predicted molar refractivity (Wildman–Crippen MR) is 63.5 cm³/mol. The van der Waals surface area contributed by atoms with Gasteiger partial charge in [-0.15, -0.1) is 5.10 Å². The van der Waals surface area contributed by atoms with Crippen molar-refractivity contribution in [3.05, 3.63) is 34.9 Å². The maximum Gasteiger partial charge on any atom is 0.156 e. The van der Waals surface area contributed by atoms with E-state index in [9.17, 15) is 0 Å². The molecule has 2 aromatic rings. The van der Waals surface area contributed by atoms with Crippen molar-refractivity contribution in [3.63, 3.8) is 0 Å². The Morgan fingerprint density at radius 3 is 2.33 bits per heavy atom. The average Bonchev–Trinajstić information content (AvgIpc) is 2.62. The largest absolute Gasteiger partial charge is 0.181 e. The molecule has 0 N–H and O–H groups in total. The molecule has 3 nitrogen and oxygen atoms in total. The average molecular weight is 266 g/mol. The number of benzene rings is 1. The highest BCUT2D eigenvalue weighted by Gasteiger charge is 2.11. The Balaban J connectivity index is 2.45. The SMILES string of the molecule is CC(C)n1nc(Br)c(-c2ccccc2)n1. The van der Waals surface area contributed by atoms with E-state index < -0.39 is 0 Å². The van der Waals surface area contributed by atoms with Crippen LogP contribution in [-0.4, -0.2) is 15.0 Å². The number of nitrogens with zero attached hydrogens (tertiary/aromatic N) is 3. The molecule has 0 radical (unpaired) electrons. The molecular formula is C11H12BrN3. The Kier molecular flexibility index (Phi) is 2.86. The van der Waals surface area contributed by atoms with Crippen LogP contribution in [0.5, 0.6) is 0 Å². The Morgan fingerprint density at radius 1 is 1.13 bits per heavy atom. The lowest BCUT2D eigenvalue weighted by Gasteiger charge is -2.00. The summed E-state index contributed by atoms with van der Waals surface area (Å²) >= 11 is 3.43. The first-order chi connectivity index (χ1) is 7.18. The van der Waals surface area contributed by atoms with Crippen molar-refractivity contribution in [3.8, 4) is 11.3 Å². The molecule has 0 aliphatic rings. The number of aromatic nitrogens is 3. The molecule has 2 rings (SSSR count). The molecule has 0 fully saturated rings. The highest BCUT2D eigenvalue weighted by molar-refractivity contribution is 9.10. The topological polar surface area (TPSA) is 30.7 Å². The van der Waals surface area contributed by atoms with Gasteiger partial charge in [0.05, 0.1) is 6.04 Å². The molecule has 15 heavy (non-hydrogen) atoms. The zero-order chi connectivity index (χ0) is 10.8. The fourth-order valence-electron chi connectivity index (χ4n) is 1.31. The third-order valence-corrected chi connectivity index (χ3v) is 2.63. The van der Waals surface area contributed by atoms with Crippen molar-refractivity contribution in [2.45, 2.75) is 19.9 Å².